The summed E-state index contributed by atoms with van der Waals surface area (Å²) in [6, 6.07) is 9.51. The molecule has 25 heavy (non-hydrogen) atoms. The SMILES string of the molecule is COCCOc1nc(N)c2nc(N(O)O)n(Cc3ccccc3)c2n1. The first-order valence-electron chi connectivity index (χ1n) is 7.47. The Morgan fingerprint density at radius 2 is 1.88 bits per heavy atom. The van der Waals surface area contributed by atoms with Gasteiger partial charge in [-0.2, -0.15) is 9.97 Å². The Bertz CT molecular complexity index is 852. The number of benzene rings is 1. The van der Waals surface area contributed by atoms with Crippen LogP contribution in [-0.2, 0) is 11.3 Å². The summed E-state index contributed by atoms with van der Waals surface area (Å²) in [7, 11) is 1.56. The molecule has 0 saturated carbocycles. The number of nitrogens with two attached hydrogens (primary N) is 1. The monoisotopic (exact) mass is 346 g/mol. The van der Waals surface area contributed by atoms with E-state index >= 15 is 0 Å². The summed E-state index contributed by atoms with van der Waals surface area (Å²) in [4.78, 5) is 12.4. The quantitative estimate of drug-likeness (QED) is 0.424. The van der Waals surface area contributed by atoms with Crippen LogP contribution in [0, 0.1) is 0 Å². The summed E-state index contributed by atoms with van der Waals surface area (Å²) >= 11 is 0. The number of rotatable bonds is 7. The normalized spacial score (nSPS) is 11.0. The highest BCUT2D eigenvalue weighted by Crippen LogP contribution is 2.26. The largest absolute Gasteiger partial charge is 0.461 e. The lowest BCUT2D eigenvalue weighted by molar-refractivity contribution is 0.0228. The van der Waals surface area contributed by atoms with Crippen molar-refractivity contribution in [2.45, 2.75) is 6.54 Å². The third-order valence-corrected chi connectivity index (χ3v) is 3.46. The predicted molar refractivity (Wildman–Crippen MR) is 88.7 cm³/mol. The van der Waals surface area contributed by atoms with Gasteiger partial charge in [-0.1, -0.05) is 35.6 Å². The number of nitrogen functional groups attached to an aromatic ring is 1. The molecule has 0 atom stereocenters. The molecule has 0 bridgehead atoms. The second kappa shape index (κ2) is 7.30. The van der Waals surface area contributed by atoms with Gasteiger partial charge in [0.25, 0.3) is 5.95 Å². The van der Waals surface area contributed by atoms with Crippen molar-refractivity contribution < 1.29 is 19.9 Å². The Balaban J connectivity index is 2.06. The van der Waals surface area contributed by atoms with E-state index in [1.165, 1.54) is 4.57 Å². The Hall–Kier alpha value is -2.95. The number of ether oxygens (including phenoxy) is 2. The molecule has 0 unspecified atom stereocenters. The molecule has 0 saturated heterocycles. The summed E-state index contributed by atoms with van der Waals surface area (Å²) in [5, 5.41) is 18.9. The Morgan fingerprint density at radius 1 is 1.12 bits per heavy atom. The lowest BCUT2D eigenvalue weighted by Crippen LogP contribution is -2.17. The van der Waals surface area contributed by atoms with Crippen molar-refractivity contribution in [3.63, 3.8) is 0 Å². The van der Waals surface area contributed by atoms with Crippen molar-refractivity contribution in [1.82, 2.24) is 19.5 Å². The highest BCUT2D eigenvalue weighted by atomic mass is 16.8. The number of methoxy groups -OCH3 is 1. The molecule has 0 aliphatic carbocycles. The highest BCUT2D eigenvalue weighted by Gasteiger charge is 2.20. The number of imidazole rings is 1. The Kier molecular flexibility index (Phi) is 4.93. The van der Waals surface area contributed by atoms with Crippen LogP contribution < -0.4 is 15.7 Å². The predicted octanol–water partition coefficient (Wildman–Crippen LogP) is 1.07. The van der Waals surface area contributed by atoms with Crippen molar-refractivity contribution in [2.24, 2.45) is 0 Å². The molecular weight excluding hydrogens is 328 g/mol. The lowest BCUT2D eigenvalue weighted by atomic mass is 10.2. The summed E-state index contributed by atoms with van der Waals surface area (Å²) in [6.45, 7) is 0.933. The van der Waals surface area contributed by atoms with Gasteiger partial charge < -0.3 is 15.2 Å². The van der Waals surface area contributed by atoms with E-state index in [1.54, 1.807) is 7.11 Å². The molecule has 0 spiro atoms. The molecule has 0 fully saturated rings. The van der Waals surface area contributed by atoms with Gasteiger partial charge in [0.05, 0.1) is 13.2 Å². The molecule has 0 amide bonds. The van der Waals surface area contributed by atoms with Crippen LogP contribution in [0.4, 0.5) is 11.8 Å². The maximum absolute atomic E-state index is 9.49. The van der Waals surface area contributed by atoms with E-state index in [-0.39, 0.29) is 35.1 Å². The van der Waals surface area contributed by atoms with Crippen LogP contribution in [-0.4, -0.2) is 50.3 Å². The fourth-order valence-electron chi connectivity index (χ4n) is 2.33. The zero-order valence-electron chi connectivity index (χ0n) is 13.5. The van der Waals surface area contributed by atoms with Crippen molar-refractivity contribution in [1.29, 1.82) is 0 Å². The van der Waals surface area contributed by atoms with E-state index in [2.05, 4.69) is 15.0 Å². The minimum Gasteiger partial charge on any atom is -0.461 e. The molecule has 10 heteroatoms. The maximum Gasteiger partial charge on any atom is 0.320 e. The van der Waals surface area contributed by atoms with Crippen LogP contribution in [0.2, 0.25) is 0 Å². The van der Waals surface area contributed by atoms with Gasteiger partial charge in [-0.25, -0.2) is 4.98 Å². The van der Waals surface area contributed by atoms with Gasteiger partial charge in [0.2, 0.25) is 0 Å². The maximum atomic E-state index is 9.49. The fourth-order valence-corrected chi connectivity index (χ4v) is 2.33. The molecule has 10 nitrogen and oxygen atoms in total. The van der Waals surface area contributed by atoms with Crippen LogP contribution in [0.25, 0.3) is 11.2 Å². The van der Waals surface area contributed by atoms with Gasteiger partial charge in [0.1, 0.15) is 6.61 Å². The van der Waals surface area contributed by atoms with Gasteiger partial charge >= 0.3 is 6.01 Å². The molecule has 3 aromatic rings. The van der Waals surface area contributed by atoms with Crippen LogP contribution in [0.15, 0.2) is 30.3 Å². The average molecular weight is 346 g/mol. The summed E-state index contributed by atoms with van der Waals surface area (Å²) in [5.74, 6) is -0.0544. The molecular formula is C15H18N6O4. The minimum absolute atomic E-state index is 0.0604. The summed E-state index contributed by atoms with van der Waals surface area (Å²) in [6.07, 6.45) is 0. The zero-order valence-corrected chi connectivity index (χ0v) is 13.5. The number of fused-ring (bicyclic) bond motifs is 1. The van der Waals surface area contributed by atoms with E-state index < -0.39 is 0 Å². The molecule has 0 radical (unpaired) electrons. The topological polar surface area (TPSA) is 132 Å². The first-order chi connectivity index (χ1) is 12.1. The van der Waals surface area contributed by atoms with Crippen LogP contribution in [0.5, 0.6) is 6.01 Å². The Morgan fingerprint density at radius 3 is 2.56 bits per heavy atom. The lowest BCUT2D eigenvalue weighted by Gasteiger charge is -2.11. The molecule has 3 rings (SSSR count). The third-order valence-electron chi connectivity index (χ3n) is 3.46. The molecule has 1 aromatic carbocycles. The van der Waals surface area contributed by atoms with E-state index in [0.717, 1.165) is 5.56 Å². The zero-order chi connectivity index (χ0) is 17.8. The first-order valence-corrected chi connectivity index (χ1v) is 7.47. The number of anilines is 2. The highest BCUT2D eigenvalue weighted by molar-refractivity contribution is 5.84. The van der Waals surface area contributed by atoms with Gasteiger partial charge in [-0.05, 0) is 5.56 Å². The average Bonchev–Trinajstić information content (AvgIpc) is 2.96. The molecule has 2 heterocycles. The van der Waals surface area contributed by atoms with E-state index in [0.29, 0.717) is 18.8 Å². The van der Waals surface area contributed by atoms with Crippen LogP contribution >= 0.6 is 0 Å². The van der Waals surface area contributed by atoms with E-state index in [9.17, 15) is 10.4 Å². The number of hydrogen-bond donors (Lipinski definition) is 3. The van der Waals surface area contributed by atoms with Crippen molar-refractivity contribution in [2.75, 3.05) is 31.3 Å². The summed E-state index contributed by atoms with van der Waals surface area (Å²) < 4.78 is 11.8. The van der Waals surface area contributed by atoms with Gasteiger partial charge in [0.15, 0.2) is 17.0 Å². The van der Waals surface area contributed by atoms with Crippen molar-refractivity contribution in [3.05, 3.63) is 35.9 Å². The molecule has 0 aliphatic heterocycles. The molecule has 2 aromatic heterocycles. The van der Waals surface area contributed by atoms with Gasteiger partial charge in [-0.3, -0.25) is 15.0 Å². The van der Waals surface area contributed by atoms with Gasteiger partial charge in [0, 0.05) is 7.11 Å². The second-order valence-electron chi connectivity index (χ2n) is 5.18. The van der Waals surface area contributed by atoms with Crippen LogP contribution in [0.3, 0.4) is 0 Å². The number of hydrogen-bond acceptors (Lipinski definition) is 9. The Labute approximate surface area is 143 Å². The van der Waals surface area contributed by atoms with Gasteiger partial charge in [-0.15, -0.1) is 0 Å². The third kappa shape index (κ3) is 3.60. The van der Waals surface area contributed by atoms with E-state index in [1.807, 2.05) is 30.3 Å². The van der Waals surface area contributed by atoms with Crippen molar-refractivity contribution in [3.8, 4) is 6.01 Å². The van der Waals surface area contributed by atoms with Crippen molar-refractivity contribution >= 4 is 22.9 Å². The molecule has 132 valence electrons. The summed E-state index contributed by atoms with van der Waals surface area (Å²) in [5.41, 5.74) is 7.41. The standard InChI is InChI=1S/C15H18N6O4/c1-24-7-8-25-14-18-12(16)11-13(19-14)20(15(17-11)21(22)23)9-10-5-3-2-4-6-10/h2-6,22-23H,7-9H2,1H3,(H2,16,18,19). The second-order valence-corrected chi connectivity index (χ2v) is 5.18. The van der Waals surface area contributed by atoms with Crippen LogP contribution in [0.1, 0.15) is 5.56 Å². The first kappa shape index (κ1) is 16.9. The molecule has 0 aliphatic rings. The molecule has 4 N–H and O–H groups in total. The smallest absolute Gasteiger partial charge is 0.320 e. The number of aromatic nitrogens is 4. The van der Waals surface area contributed by atoms with E-state index in [4.69, 9.17) is 15.2 Å². The fraction of sp³-hybridized carbons (Fsp3) is 0.267. The minimum atomic E-state index is -0.131. The number of nitrogens with zero attached hydrogens (tertiary/aromatic N) is 5.